The molecule has 0 aliphatic heterocycles. The minimum Gasteiger partial charge on any atom is -0.468 e. The van der Waals surface area contributed by atoms with Gasteiger partial charge in [-0.1, -0.05) is 6.42 Å². The van der Waals surface area contributed by atoms with Crippen LogP contribution in [-0.4, -0.2) is 19.5 Å². The number of hydrogen-bond donors (Lipinski definition) is 0. The summed E-state index contributed by atoms with van der Waals surface area (Å²) in [5, 5.41) is 0. The minimum atomic E-state index is -2.58. The highest BCUT2D eigenvalue weighted by Gasteiger charge is 2.52. The number of esters is 1. The monoisotopic (exact) mass is 164 g/mol. The van der Waals surface area contributed by atoms with E-state index in [2.05, 4.69) is 4.74 Å². The smallest absolute Gasteiger partial charge is 0.317 e. The summed E-state index contributed by atoms with van der Waals surface area (Å²) in [6.07, 6.45) is -1.36. The number of ether oxygens (including phenoxy) is 1. The van der Waals surface area contributed by atoms with Crippen molar-refractivity contribution in [2.75, 3.05) is 7.11 Å². The first-order valence-corrected chi connectivity index (χ1v) is 3.50. The maximum atomic E-state index is 12.3. The van der Waals surface area contributed by atoms with E-state index in [-0.39, 0.29) is 12.8 Å². The number of alkyl halides is 2. The SMILES string of the molecule is COC(=O)C1(C(F)F)CCC1. The van der Waals surface area contributed by atoms with Crippen LogP contribution in [0.5, 0.6) is 0 Å². The van der Waals surface area contributed by atoms with Gasteiger partial charge in [-0.15, -0.1) is 0 Å². The summed E-state index contributed by atoms with van der Waals surface area (Å²) >= 11 is 0. The fourth-order valence-electron chi connectivity index (χ4n) is 1.27. The Labute approximate surface area is 63.5 Å². The van der Waals surface area contributed by atoms with Gasteiger partial charge in [-0.25, -0.2) is 8.78 Å². The van der Waals surface area contributed by atoms with Gasteiger partial charge in [0.05, 0.1) is 7.11 Å². The number of hydrogen-bond acceptors (Lipinski definition) is 2. The van der Waals surface area contributed by atoms with Crippen molar-refractivity contribution < 1.29 is 18.3 Å². The molecule has 0 bridgehead atoms. The summed E-state index contributed by atoms with van der Waals surface area (Å²) in [6, 6.07) is 0. The van der Waals surface area contributed by atoms with E-state index in [1.807, 2.05) is 0 Å². The molecule has 0 aromatic heterocycles. The first-order valence-electron chi connectivity index (χ1n) is 3.50. The van der Waals surface area contributed by atoms with Crippen LogP contribution in [0.2, 0.25) is 0 Å². The summed E-state index contributed by atoms with van der Waals surface area (Å²) in [7, 11) is 1.14. The Morgan fingerprint density at radius 2 is 2.09 bits per heavy atom. The van der Waals surface area contributed by atoms with Crippen LogP contribution in [0.1, 0.15) is 19.3 Å². The van der Waals surface area contributed by atoms with Gasteiger partial charge in [0.1, 0.15) is 5.41 Å². The number of carbonyl (C=O) groups is 1. The van der Waals surface area contributed by atoms with Crippen LogP contribution >= 0.6 is 0 Å². The summed E-state index contributed by atoms with van der Waals surface area (Å²) in [5.41, 5.74) is -1.46. The van der Waals surface area contributed by atoms with Crippen molar-refractivity contribution >= 4 is 5.97 Å². The maximum Gasteiger partial charge on any atom is 0.317 e. The van der Waals surface area contributed by atoms with Gasteiger partial charge in [-0.05, 0) is 12.8 Å². The molecule has 0 aromatic rings. The number of methoxy groups -OCH3 is 1. The van der Waals surface area contributed by atoms with Crippen molar-refractivity contribution in [3.63, 3.8) is 0 Å². The molecule has 0 aromatic carbocycles. The van der Waals surface area contributed by atoms with E-state index in [4.69, 9.17) is 0 Å². The van der Waals surface area contributed by atoms with Crippen LogP contribution < -0.4 is 0 Å². The van der Waals surface area contributed by atoms with Crippen molar-refractivity contribution in [3.8, 4) is 0 Å². The standard InChI is InChI=1S/C7H10F2O2/c1-11-6(10)7(5(8)9)3-2-4-7/h5H,2-4H2,1H3. The van der Waals surface area contributed by atoms with Gasteiger partial charge in [-0.2, -0.15) is 0 Å². The van der Waals surface area contributed by atoms with Crippen LogP contribution in [0.25, 0.3) is 0 Å². The molecule has 64 valence electrons. The molecule has 0 amide bonds. The highest BCUT2D eigenvalue weighted by Crippen LogP contribution is 2.46. The molecule has 1 rings (SSSR count). The molecule has 0 saturated heterocycles. The van der Waals surface area contributed by atoms with Crippen LogP contribution in [-0.2, 0) is 9.53 Å². The maximum absolute atomic E-state index is 12.3. The molecule has 1 saturated carbocycles. The van der Waals surface area contributed by atoms with Crippen molar-refractivity contribution in [1.82, 2.24) is 0 Å². The Balaban J connectivity index is 2.67. The largest absolute Gasteiger partial charge is 0.468 e. The molecule has 11 heavy (non-hydrogen) atoms. The van der Waals surface area contributed by atoms with Crippen LogP contribution in [0.15, 0.2) is 0 Å². The van der Waals surface area contributed by atoms with Gasteiger partial charge in [0.25, 0.3) is 6.43 Å². The molecule has 0 spiro atoms. The molecule has 0 unspecified atom stereocenters. The summed E-state index contributed by atoms with van der Waals surface area (Å²) in [5.74, 6) is -0.765. The molecule has 0 N–H and O–H groups in total. The highest BCUT2D eigenvalue weighted by molar-refractivity contribution is 5.78. The predicted molar refractivity (Wildman–Crippen MR) is 34.3 cm³/mol. The fourth-order valence-corrected chi connectivity index (χ4v) is 1.27. The third-order valence-electron chi connectivity index (χ3n) is 2.26. The number of rotatable bonds is 2. The van der Waals surface area contributed by atoms with E-state index in [9.17, 15) is 13.6 Å². The molecule has 2 nitrogen and oxygen atoms in total. The molecular weight excluding hydrogens is 154 g/mol. The van der Waals surface area contributed by atoms with E-state index in [1.165, 1.54) is 0 Å². The van der Waals surface area contributed by atoms with Crippen LogP contribution in [0.4, 0.5) is 8.78 Å². The normalized spacial score (nSPS) is 21.1. The zero-order valence-electron chi connectivity index (χ0n) is 6.27. The average Bonchev–Trinajstić information content (AvgIpc) is 1.84. The van der Waals surface area contributed by atoms with Crippen molar-refractivity contribution in [2.24, 2.45) is 5.41 Å². The fraction of sp³-hybridized carbons (Fsp3) is 0.857. The minimum absolute atomic E-state index is 0.261. The predicted octanol–water partition coefficient (Wildman–Crippen LogP) is 1.59. The zero-order valence-corrected chi connectivity index (χ0v) is 6.27. The molecule has 4 heteroatoms. The topological polar surface area (TPSA) is 26.3 Å². The quantitative estimate of drug-likeness (QED) is 0.579. The molecule has 0 radical (unpaired) electrons. The van der Waals surface area contributed by atoms with Gasteiger partial charge in [0, 0.05) is 0 Å². The van der Waals surface area contributed by atoms with E-state index in [0.29, 0.717) is 6.42 Å². The van der Waals surface area contributed by atoms with E-state index < -0.39 is 17.8 Å². The third-order valence-corrected chi connectivity index (χ3v) is 2.26. The first kappa shape index (κ1) is 8.43. The lowest BCUT2D eigenvalue weighted by molar-refractivity contribution is -0.173. The lowest BCUT2D eigenvalue weighted by atomic mass is 9.69. The molecule has 0 atom stereocenters. The third kappa shape index (κ3) is 1.10. The second kappa shape index (κ2) is 2.75. The Morgan fingerprint density at radius 3 is 2.18 bits per heavy atom. The molecule has 1 fully saturated rings. The van der Waals surface area contributed by atoms with Crippen molar-refractivity contribution in [3.05, 3.63) is 0 Å². The van der Waals surface area contributed by atoms with E-state index in [0.717, 1.165) is 7.11 Å². The first-order chi connectivity index (χ1) is 5.13. The average molecular weight is 164 g/mol. The van der Waals surface area contributed by atoms with Crippen LogP contribution in [0, 0.1) is 5.41 Å². The van der Waals surface area contributed by atoms with Gasteiger partial charge in [-0.3, -0.25) is 4.79 Å². The highest BCUT2D eigenvalue weighted by atomic mass is 19.3. The van der Waals surface area contributed by atoms with Crippen molar-refractivity contribution in [1.29, 1.82) is 0 Å². The lowest BCUT2D eigenvalue weighted by Crippen LogP contribution is -2.44. The van der Waals surface area contributed by atoms with Gasteiger partial charge >= 0.3 is 5.97 Å². The second-order valence-corrected chi connectivity index (χ2v) is 2.80. The Bertz CT molecular complexity index is 164. The van der Waals surface area contributed by atoms with E-state index >= 15 is 0 Å². The Morgan fingerprint density at radius 1 is 1.55 bits per heavy atom. The molecule has 0 heterocycles. The number of halogens is 2. The Hall–Kier alpha value is -0.670. The van der Waals surface area contributed by atoms with E-state index in [1.54, 1.807) is 0 Å². The lowest BCUT2D eigenvalue weighted by Gasteiger charge is -2.37. The summed E-state index contributed by atoms with van der Waals surface area (Å²) in [4.78, 5) is 10.9. The summed E-state index contributed by atoms with van der Waals surface area (Å²) < 4.78 is 28.8. The molecular formula is C7H10F2O2. The molecule has 1 aliphatic carbocycles. The van der Waals surface area contributed by atoms with Crippen molar-refractivity contribution in [2.45, 2.75) is 25.7 Å². The number of carbonyl (C=O) groups excluding carboxylic acids is 1. The summed E-state index contributed by atoms with van der Waals surface area (Å²) in [6.45, 7) is 0. The van der Waals surface area contributed by atoms with Gasteiger partial charge in [0.15, 0.2) is 0 Å². The van der Waals surface area contributed by atoms with Gasteiger partial charge in [0.2, 0.25) is 0 Å². The molecule has 1 aliphatic rings. The zero-order chi connectivity index (χ0) is 8.48. The Kier molecular flexibility index (Phi) is 2.11. The van der Waals surface area contributed by atoms with Gasteiger partial charge < -0.3 is 4.74 Å². The van der Waals surface area contributed by atoms with Crippen LogP contribution in [0.3, 0.4) is 0 Å². The second-order valence-electron chi connectivity index (χ2n) is 2.80.